The average molecular weight is 384 g/mol. The molecule has 28 heavy (non-hydrogen) atoms. The van der Waals surface area contributed by atoms with Crippen molar-refractivity contribution in [1.29, 1.82) is 0 Å². The third kappa shape index (κ3) is 3.07. The fraction of sp³-hybridized carbons (Fsp3) is 0.500. The van der Waals surface area contributed by atoms with Gasteiger partial charge in [-0.25, -0.2) is 0 Å². The van der Waals surface area contributed by atoms with Crippen molar-refractivity contribution in [3.63, 3.8) is 0 Å². The second-order valence-corrected chi connectivity index (χ2v) is 7.86. The molecule has 2 atom stereocenters. The molecule has 0 bridgehead atoms. The van der Waals surface area contributed by atoms with Crippen LogP contribution in [0.15, 0.2) is 18.2 Å². The van der Waals surface area contributed by atoms with Crippen LogP contribution in [0.1, 0.15) is 53.3 Å². The van der Waals surface area contributed by atoms with Gasteiger partial charge in [-0.05, 0) is 50.3 Å². The Balaban J connectivity index is 1.55. The number of hydrogen-bond donors (Lipinski definition) is 2. The number of nitrogens with two attached hydrogens (primary N) is 1. The number of nitrogens with one attached hydrogen (secondary N) is 1. The predicted molar refractivity (Wildman–Crippen MR) is 102 cm³/mol. The quantitative estimate of drug-likeness (QED) is 0.740. The summed E-state index contributed by atoms with van der Waals surface area (Å²) < 4.78 is 0. The normalized spacial score (nSPS) is 24.4. The highest BCUT2D eigenvalue weighted by molar-refractivity contribution is 6.23. The Morgan fingerprint density at radius 2 is 1.71 bits per heavy atom. The molecule has 1 unspecified atom stereocenters. The Hall–Kier alpha value is -2.74. The van der Waals surface area contributed by atoms with Crippen LogP contribution in [0.2, 0.25) is 0 Å². The topological polar surface area (TPSA) is 113 Å². The fourth-order valence-electron chi connectivity index (χ4n) is 4.34. The number of fused-ring (bicyclic) bond motifs is 1. The van der Waals surface area contributed by atoms with Gasteiger partial charge in [0, 0.05) is 31.2 Å². The van der Waals surface area contributed by atoms with Crippen LogP contribution in [-0.4, -0.2) is 53.7 Å². The van der Waals surface area contributed by atoms with E-state index in [2.05, 4.69) is 10.2 Å². The maximum absolute atomic E-state index is 12.9. The molecule has 3 N–H and O–H groups in total. The minimum atomic E-state index is -0.935. The second kappa shape index (κ2) is 7.01. The number of anilines is 1. The van der Waals surface area contributed by atoms with Crippen molar-refractivity contribution in [2.75, 3.05) is 18.0 Å². The van der Waals surface area contributed by atoms with Crippen molar-refractivity contribution in [3.05, 3.63) is 29.3 Å². The van der Waals surface area contributed by atoms with Gasteiger partial charge in [-0.2, -0.15) is 0 Å². The Labute approximate surface area is 163 Å². The Kier molecular flexibility index (Phi) is 4.66. The number of benzene rings is 1. The number of rotatable bonds is 3. The minimum Gasteiger partial charge on any atom is -0.371 e. The zero-order valence-corrected chi connectivity index (χ0v) is 15.8. The number of carbonyl (C=O) groups is 4. The number of piperidine rings is 2. The third-order valence-electron chi connectivity index (χ3n) is 6.07. The number of nitrogens with zero attached hydrogens (tertiary/aromatic N) is 2. The molecule has 3 aliphatic rings. The average Bonchev–Trinajstić information content (AvgIpc) is 2.92. The van der Waals surface area contributed by atoms with E-state index in [1.807, 2.05) is 13.0 Å². The van der Waals surface area contributed by atoms with Crippen LogP contribution < -0.4 is 16.0 Å². The van der Waals surface area contributed by atoms with Crippen LogP contribution in [-0.2, 0) is 9.59 Å². The lowest BCUT2D eigenvalue weighted by atomic mass is 9.90. The van der Waals surface area contributed by atoms with Crippen LogP contribution in [0.3, 0.4) is 0 Å². The van der Waals surface area contributed by atoms with E-state index in [0.29, 0.717) is 17.0 Å². The van der Waals surface area contributed by atoms with Crippen molar-refractivity contribution in [2.24, 2.45) is 11.7 Å². The Bertz CT molecular complexity index is 858. The lowest BCUT2D eigenvalue weighted by molar-refractivity contribution is -0.136. The van der Waals surface area contributed by atoms with Gasteiger partial charge in [0.25, 0.3) is 11.8 Å². The predicted octanol–water partition coefficient (Wildman–Crippen LogP) is 0.651. The summed E-state index contributed by atoms with van der Waals surface area (Å²) in [6.45, 7) is 3.73. The highest BCUT2D eigenvalue weighted by Gasteiger charge is 2.44. The van der Waals surface area contributed by atoms with Crippen LogP contribution in [0.4, 0.5) is 5.69 Å². The first-order chi connectivity index (χ1) is 13.4. The molecule has 0 saturated carbocycles. The molecule has 1 aromatic carbocycles. The lowest BCUT2D eigenvalue weighted by Gasteiger charge is -2.35. The van der Waals surface area contributed by atoms with E-state index in [1.165, 1.54) is 0 Å². The van der Waals surface area contributed by atoms with Crippen molar-refractivity contribution in [2.45, 2.75) is 44.7 Å². The molecule has 0 aromatic heterocycles. The van der Waals surface area contributed by atoms with Gasteiger partial charge in [0.15, 0.2) is 0 Å². The molecule has 148 valence electrons. The number of hydrogen-bond acceptors (Lipinski definition) is 6. The Morgan fingerprint density at radius 1 is 1.04 bits per heavy atom. The van der Waals surface area contributed by atoms with E-state index in [9.17, 15) is 19.2 Å². The molecular weight excluding hydrogens is 360 g/mol. The molecule has 3 aliphatic heterocycles. The van der Waals surface area contributed by atoms with Gasteiger partial charge in [0.05, 0.1) is 11.1 Å². The van der Waals surface area contributed by atoms with E-state index < -0.39 is 23.8 Å². The molecule has 0 radical (unpaired) electrons. The minimum absolute atomic E-state index is 0.115. The summed E-state index contributed by atoms with van der Waals surface area (Å²) in [7, 11) is 0. The van der Waals surface area contributed by atoms with E-state index in [0.717, 1.165) is 36.5 Å². The van der Waals surface area contributed by atoms with Crippen LogP contribution in [0, 0.1) is 5.92 Å². The zero-order valence-electron chi connectivity index (χ0n) is 15.8. The Morgan fingerprint density at radius 3 is 2.36 bits per heavy atom. The highest BCUT2D eigenvalue weighted by atomic mass is 16.2. The molecule has 3 heterocycles. The second-order valence-electron chi connectivity index (χ2n) is 7.86. The van der Waals surface area contributed by atoms with Crippen LogP contribution in [0.5, 0.6) is 0 Å². The molecule has 2 saturated heterocycles. The molecule has 8 nitrogen and oxygen atoms in total. The van der Waals surface area contributed by atoms with E-state index in [4.69, 9.17) is 5.73 Å². The van der Waals surface area contributed by atoms with E-state index in [-0.39, 0.29) is 24.8 Å². The molecule has 0 aliphatic carbocycles. The van der Waals surface area contributed by atoms with Gasteiger partial charge < -0.3 is 10.6 Å². The fourth-order valence-corrected chi connectivity index (χ4v) is 4.34. The van der Waals surface area contributed by atoms with E-state index in [1.54, 1.807) is 12.1 Å². The maximum Gasteiger partial charge on any atom is 0.262 e. The SMILES string of the molecule is C[C@@H](N)C1CCN(c2ccc3c(c2)C(=O)N(C2CCC(=O)NC2=O)C3=O)CC1. The van der Waals surface area contributed by atoms with Gasteiger partial charge in [-0.15, -0.1) is 0 Å². The molecule has 8 heteroatoms. The number of imide groups is 2. The van der Waals surface area contributed by atoms with Crippen molar-refractivity contribution >= 4 is 29.3 Å². The summed E-state index contributed by atoms with van der Waals surface area (Å²) in [5, 5.41) is 2.21. The summed E-state index contributed by atoms with van der Waals surface area (Å²) in [5.74, 6) is -1.42. The third-order valence-corrected chi connectivity index (χ3v) is 6.07. The van der Waals surface area contributed by atoms with Gasteiger partial charge in [0.2, 0.25) is 11.8 Å². The van der Waals surface area contributed by atoms with Crippen LogP contribution in [0.25, 0.3) is 0 Å². The van der Waals surface area contributed by atoms with Crippen molar-refractivity contribution in [3.8, 4) is 0 Å². The first-order valence-corrected chi connectivity index (χ1v) is 9.73. The van der Waals surface area contributed by atoms with E-state index >= 15 is 0 Å². The van der Waals surface area contributed by atoms with Crippen LogP contribution >= 0.6 is 0 Å². The molecule has 0 spiro atoms. The van der Waals surface area contributed by atoms with Crippen molar-refractivity contribution in [1.82, 2.24) is 10.2 Å². The summed E-state index contributed by atoms with van der Waals surface area (Å²) in [5.41, 5.74) is 7.53. The highest BCUT2D eigenvalue weighted by Crippen LogP contribution is 2.32. The monoisotopic (exact) mass is 384 g/mol. The first kappa shape index (κ1) is 18.6. The number of amides is 4. The van der Waals surface area contributed by atoms with Gasteiger partial charge in [0.1, 0.15) is 6.04 Å². The summed E-state index contributed by atoms with van der Waals surface area (Å²) in [4.78, 5) is 52.4. The number of carbonyl (C=O) groups excluding carboxylic acids is 4. The summed E-state index contributed by atoms with van der Waals surface area (Å²) in [6, 6.07) is 4.49. The lowest BCUT2D eigenvalue weighted by Crippen LogP contribution is -2.54. The standard InChI is InChI=1S/C20H24N4O4/c1-11(21)12-6-8-23(9-7-12)13-2-3-14-15(10-13)20(28)24(19(14)27)16-4-5-17(25)22-18(16)26/h2-3,10-12,16H,4-9,21H2,1H3,(H,22,25,26)/t11-,16?/m1/s1. The summed E-state index contributed by atoms with van der Waals surface area (Å²) in [6.07, 6.45) is 2.26. The maximum atomic E-state index is 12.9. The molecule has 1 aromatic rings. The molecule has 4 rings (SSSR count). The first-order valence-electron chi connectivity index (χ1n) is 9.73. The van der Waals surface area contributed by atoms with Gasteiger partial charge >= 0.3 is 0 Å². The smallest absolute Gasteiger partial charge is 0.262 e. The summed E-state index contributed by atoms with van der Waals surface area (Å²) >= 11 is 0. The molecule has 2 fully saturated rings. The zero-order chi connectivity index (χ0) is 20.0. The van der Waals surface area contributed by atoms with Gasteiger partial charge in [-0.3, -0.25) is 29.4 Å². The van der Waals surface area contributed by atoms with Crippen molar-refractivity contribution < 1.29 is 19.2 Å². The molecule has 4 amide bonds. The molecular formula is C20H24N4O4. The van der Waals surface area contributed by atoms with Gasteiger partial charge in [-0.1, -0.05) is 0 Å². The largest absolute Gasteiger partial charge is 0.371 e.